The molecule has 22 heavy (non-hydrogen) atoms. The van der Waals surface area contributed by atoms with Gasteiger partial charge in [-0.1, -0.05) is 45.0 Å². The second-order valence-corrected chi connectivity index (χ2v) is 6.38. The van der Waals surface area contributed by atoms with Gasteiger partial charge in [-0.3, -0.25) is 4.98 Å². The smallest absolute Gasteiger partial charge is 0.221 e. The van der Waals surface area contributed by atoms with E-state index in [4.69, 9.17) is 4.74 Å². The van der Waals surface area contributed by atoms with Crippen molar-refractivity contribution < 1.29 is 4.74 Å². The number of benzene rings is 1. The lowest BCUT2D eigenvalue weighted by atomic mass is 9.85. The van der Waals surface area contributed by atoms with E-state index in [0.717, 1.165) is 11.1 Å². The summed E-state index contributed by atoms with van der Waals surface area (Å²) in [6.45, 7) is 7.02. The van der Waals surface area contributed by atoms with Gasteiger partial charge in [0.2, 0.25) is 5.88 Å². The van der Waals surface area contributed by atoms with Crippen molar-refractivity contribution in [3.05, 3.63) is 66.1 Å². The van der Waals surface area contributed by atoms with Crippen LogP contribution in [0.5, 0.6) is 5.88 Å². The molecule has 0 spiro atoms. The van der Waals surface area contributed by atoms with Crippen molar-refractivity contribution >= 4 is 10.8 Å². The van der Waals surface area contributed by atoms with Crippen LogP contribution in [0.15, 0.2) is 54.9 Å². The summed E-state index contributed by atoms with van der Waals surface area (Å²) in [5.41, 5.74) is 2.17. The van der Waals surface area contributed by atoms with E-state index in [0.29, 0.717) is 12.5 Å². The molecule has 2 heterocycles. The van der Waals surface area contributed by atoms with Crippen molar-refractivity contribution in [2.45, 2.75) is 32.8 Å². The Labute approximate surface area is 131 Å². The van der Waals surface area contributed by atoms with E-state index in [-0.39, 0.29) is 5.41 Å². The Balaban J connectivity index is 1.98. The predicted molar refractivity (Wildman–Crippen MR) is 89.0 cm³/mol. The first kappa shape index (κ1) is 14.5. The minimum absolute atomic E-state index is 0.0477. The largest absolute Gasteiger partial charge is 0.471 e. The zero-order valence-corrected chi connectivity index (χ0v) is 13.2. The van der Waals surface area contributed by atoms with Gasteiger partial charge >= 0.3 is 0 Å². The molecule has 0 unspecified atom stereocenters. The Bertz CT molecular complexity index is 776. The molecular weight excluding hydrogens is 272 g/mol. The number of aromatic nitrogens is 2. The molecule has 0 amide bonds. The zero-order valence-electron chi connectivity index (χ0n) is 13.2. The average Bonchev–Trinajstić information content (AvgIpc) is 2.52. The van der Waals surface area contributed by atoms with Crippen molar-refractivity contribution in [1.82, 2.24) is 9.97 Å². The topological polar surface area (TPSA) is 35.0 Å². The molecule has 0 radical (unpaired) electrons. The van der Waals surface area contributed by atoms with Gasteiger partial charge in [0.1, 0.15) is 6.61 Å². The van der Waals surface area contributed by atoms with Crippen LogP contribution in [0.3, 0.4) is 0 Å². The number of pyridine rings is 2. The first-order valence-electron chi connectivity index (χ1n) is 7.46. The number of hydrogen-bond acceptors (Lipinski definition) is 3. The van der Waals surface area contributed by atoms with Gasteiger partial charge in [-0.05, 0) is 34.6 Å². The lowest BCUT2D eigenvalue weighted by Gasteiger charge is -2.21. The number of nitrogens with zero attached hydrogens (tertiary/aromatic N) is 2. The van der Waals surface area contributed by atoms with Crippen molar-refractivity contribution in [3.63, 3.8) is 0 Å². The molecule has 3 heteroatoms. The summed E-state index contributed by atoms with van der Waals surface area (Å²) in [6, 6.07) is 14.1. The molecule has 0 atom stereocenters. The maximum Gasteiger partial charge on any atom is 0.221 e. The summed E-state index contributed by atoms with van der Waals surface area (Å²) >= 11 is 0. The molecule has 0 aliphatic rings. The summed E-state index contributed by atoms with van der Waals surface area (Å²) in [6.07, 6.45) is 3.70. The zero-order chi connectivity index (χ0) is 15.6. The van der Waals surface area contributed by atoms with Crippen LogP contribution >= 0.6 is 0 Å². The summed E-state index contributed by atoms with van der Waals surface area (Å²) in [5.74, 6) is 0.661. The molecule has 1 aromatic carbocycles. The van der Waals surface area contributed by atoms with Crippen molar-refractivity contribution in [2.75, 3.05) is 0 Å². The number of fused-ring (bicyclic) bond motifs is 1. The van der Waals surface area contributed by atoms with Crippen LogP contribution < -0.4 is 4.74 Å². The maximum absolute atomic E-state index is 5.90. The van der Waals surface area contributed by atoms with Crippen LogP contribution in [0.4, 0.5) is 0 Å². The molecule has 3 rings (SSSR count). The fourth-order valence-corrected chi connectivity index (χ4v) is 2.51. The first-order valence-corrected chi connectivity index (χ1v) is 7.46. The third kappa shape index (κ3) is 2.93. The molecular formula is C19H20N2O. The number of hydrogen-bond donors (Lipinski definition) is 0. The van der Waals surface area contributed by atoms with E-state index >= 15 is 0 Å². The van der Waals surface area contributed by atoms with Crippen LogP contribution in [0, 0.1) is 0 Å². The van der Waals surface area contributed by atoms with E-state index in [9.17, 15) is 0 Å². The minimum Gasteiger partial charge on any atom is -0.471 e. The first-order chi connectivity index (χ1) is 10.6. The SMILES string of the molecule is CC(C)(C)c1cnc(OCc2ccccn2)c2ccccc12. The predicted octanol–water partition coefficient (Wildman–Crippen LogP) is 4.51. The molecule has 0 aliphatic carbocycles. The molecule has 0 aliphatic heterocycles. The van der Waals surface area contributed by atoms with Crippen molar-refractivity contribution in [1.29, 1.82) is 0 Å². The summed E-state index contributed by atoms with van der Waals surface area (Å²) < 4.78 is 5.90. The van der Waals surface area contributed by atoms with E-state index in [1.165, 1.54) is 10.9 Å². The molecule has 112 valence electrons. The molecule has 3 nitrogen and oxygen atoms in total. The number of ether oxygens (including phenoxy) is 1. The molecule has 2 aromatic heterocycles. The molecule has 3 aromatic rings. The van der Waals surface area contributed by atoms with Gasteiger partial charge in [-0.25, -0.2) is 4.98 Å². The Hall–Kier alpha value is -2.42. The second kappa shape index (κ2) is 5.76. The van der Waals surface area contributed by atoms with Gasteiger partial charge in [0.15, 0.2) is 0 Å². The highest BCUT2D eigenvalue weighted by Gasteiger charge is 2.19. The Morgan fingerprint density at radius 2 is 1.64 bits per heavy atom. The standard InChI is InChI=1S/C19H20N2O/c1-19(2,3)17-12-21-18(16-10-5-4-9-15(16)17)22-13-14-8-6-7-11-20-14/h4-12H,13H2,1-3H3. The van der Waals surface area contributed by atoms with Crippen molar-refractivity contribution in [2.24, 2.45) is 0 Å². The quantitative estimate of drug-likeness (QED) is 0.712. The lowest BCUT2D eigenvalue weighted by molar-refractivity contribution is 0.293. The Morgan fingerprint density at radius 3 is 2.32 bits per heavy atom. The van der Waals surface area contributed by atoms with Crippen LogP contribution in [-0.4, -0.2) is 9.97 Å². The highest BCUT2D eigenvalue weighted by atomic mass is 16.5. The van der Waals surface area contributed by atoms with Gasteiger partial charge in [-0.15, -0.1) is 0 Å². The highest BCUT2D eigenvalue weighted by molar-refractivity contribution is 5.90. The Kier molecular flexibility index (Phi) is 3.80. The van der Waals surface area contributed by atoms with Gasteiger partial charge in [0.25, 0.3) is 0 Å². The number of rotatable bonds is 3. The summed E-state index contributed by atoms with van der Waals surface area (Å²) in [7, 11) is 0. The third-order valence-corrected chi connectivity index (χ3v) is 3.65. The van der Waals surface area contributed by atoms with Gasteiger partial charge in [-0.2, -0.15) is 0 Å². The summed E-state index contributed by atoms with van der Waals surface area (Å²) in [5, 5.41) is 2.24. The summed E-state index contributed by atoms with van der Waals surface area (Å²) in [4.78, 5) is 8.82. The van der Waals surface area contributed by atoms with Gasteiger partial charge in [0.05, 0.1) is 5.69 Å². The molecule has 0 bridgehead atoms. The fourth-order valence-electron chi connectivity index (χ4n) is 2.51. The van der Waals surface area contributed by atoms with E-state index in [1.807, 2.05) is 30.5 Å². The molecule has 0 fully saturated rings. The van der Waals surface area contributed by atoms with Crippen LogP contribution in [-0.2, 0) is 12.0 Å². The van der Waals surface area contributed by atoms with E-state index < -0.39 is 0 Å². The Morgan fingerprint density at radius 1 is 0.909 bits per heavy atom. The van der Waals surface area contributed by atoms with E-state index in [2.05, 4.69) is 48.9 Å². The normalized spacial score (nSPS) is 11.6. The molecule has 0 saturated heterocycles. The molecule has 0 saturated carbocycles. The van der Waals surface area contributed by atoms with E-state index in [1.54, 1.807) is 6.20 Å². The van der Waals surface area contributed by atoms with Gasteiger partial charge in [0, 0.05) is 17.8 Å². The molecule has 0 N–H and O–H groups in total. The van der Waals surface area contributed by atoms with Crippen LogP contribution in [0.2, 0.25) is 0 Å². The fraction of sp³-hybridized carbons (Fsp3) is 0.263. The minimum atomic E-state index is 0.0477. The maximum atomic E-state index is 5.90. The van der Waals surface area contributed by atoms with Crippen LogP contribution in [0.25, 0.3) is 10.8 Å². The van der Waals surface area contributed by atoms with Gasteiger partial charge < -0.3 is 4.74 Å². The lowest BCUT2D eigenvalue weighted by Crippen LogP contribution is -2.12. The average molecular weight is 292 g/mol. The van der Waals surface area contributed by atoms with Crippen LogP contribution in [0.1, 0.15) is 32.0 Å². The monoisotopic (exact) mass is 292 g/mol. The third-order valence-electron chi connectivity index (χ3n) is 3.65. The second-order valence-electron chi connectivity index (χ2n) is 6.38. The highest BCUT2D eigenvalue weighted by Crippen LogP contribution is 2.33. The van der Waals surface area contributed by atoms with Crippen molar-refractivity contribution in [3.8, 4) is 5.88 Å².